The van der Waals surface area contributed by atoms with Crippen LogP contribution in [0.3, 0.4) is 0 Å². The molecular formula is C11H18N4O2S. The highest BCUT2D eigenvalue weighted by Gasteiger charge is 2.31. The van der Waals surface area contributed by atoms with Crippen molar-refractivity contribution in [2.45, 2.75) is 31.7 Å². The van der Waals surface area contributed by atoms with Crippen LogP contribution in [0.15, 0.2) is 0 Å². The predicted molar refractivity (Wildman–Crippen MR) is 69.0 cm³/mol. The third-order valence-corrected chi connectivity index (χ3v) is 3.33. The van der Waals surface area contributed by atoms with Crippen LogP contribution < -0.4 is 5.32 Å². The zero-order valence-electron chi connectivity index (χ0n) is 10.6. The number of aromatic amines is 1. The lowest BCUT2D eigenvalue weighted by Crippen LogP contribution is -2.33. The Morgan fingerprint density at radius 2 is 2.44 bits per heavy atom. The van der Waals surface area contributed by atoms with Crippen LogP contribution in [0.5, 0.6) is 0 Å². The van der Waals surface area contributed by atoms with E-state index in [9.17, 15) is 4.79 Å². The third kappa shape index (κ3) is 2.78. The average Bonchev–Trinajstić information content (AvgIpc) is 3.12. The van der Waals surface area contributed by atoms with Crippen molar-refractivity contribution in [2.75, 3.05) is 20.3 Å². The summed E-state index contributed by atoms with van der Waals surface area (Å²) in [4.78, 5) is 12.0. The molecule has 7 heteroatoms. The average molecular weight is 270 g/mol. The van der Waals surface area contributed by atoms with Gasteiger partial charge >= 0.3 is 0 Å². The Morgan fingerprint density at radius 1 is 1.72 bits per heavy atom. The van der Waals surface area contributed by atoms with Crippen LogP contribution in [0.2, 0.25) is 0 Å². The Hall–Kier alpha value is -1.21. The second-order valence-corrected chi connectivity index (χ2v) is 4.88. The van der Waals surface area contributed by atoms with Gasteiger partial charge in [0, 0.05) is 19.6 Å². The minimum Gasteiger partial charge on any atom is -0.383 e. The first-order valence-electron chi connectivity index (χ1n) is 6.08. The number of hydrogen-bond donors (Lipinski definition) is 2. The molecule has 100 valence electrons. The minimum absolute atomic E-state index is 0.0635. The lowest BCUT2D eigenvalue weighted by Gasteiger charge is -2.15. The van der Waals surface area contributed by atoms with Gasteiger partial charge in [-0.2, -0.15) is 5.10 Å². The molecule has 0 saturated heterocycles. The molecule has 1 fully saturated rings. The molecule has 1 aromatic rings. The Balaban J connectivity index is 2.07. The number of nitrogens with zero attached hydrogens (tertiary/aromatic N) is 2. The molecule has 2 N–H and O–H groups in total. The maximum atomic E-state index is 12.0. The van der Waals surface area contributed by atoms with E-state index < -0.39 is 0 Å². The third-order valence-electron chi connectivity index (χ3n) is 3.05. The van der Waals surface area contributed by atoms with Crippen LogP contribution in [0.25, 0.3) is 0 Å². The van der Waals surface area contributed by atoms with Gasteiger partial charge in [0.15, 0.2) is 4.77 Å². The summed E-state index contributed by atoms with van der Waals surface area (Å²) in [6.07, 6.45) is 2.25. The normalized spacial score (nSPS) is 16.6. The molecule has 1 unspecified atom stereocenters. The van der Waals surface area contributed by atoms with Gasteiger partial charge in [-0.15, -0.1) is 0 Å². The maximum Gasteiger partial charge on any atom is 0.243 e. The van der Waals surface area contributed by atoms with Crippen LogP contribution in [0.4, 0.5) is 0 Å². The molecule has 0 bridgehead atoms. The Kier molecular flexibility index (Phi) is 4.13. The lowest BCUT2D eigenvalue weighted by molar-refractivity contribution is -0.124. The van der Waals surface area contributed by atoms with Gasteiger partial charge < -0.3 is 10.1 Å². The number of aromatic nitrogens is 3. The van der Waals surface area contributed by atoms with Crippen LogP contribution >= 0.6 is 12.2 Å². The monoisotopic (exact) mass is 270 g/mol. The van der Waals surface area contributed by atoms with E-state index in [1.54, 1.807) is 7.11 Å². The van der Waals surface area contributed by atoms with E-state index in [2.05, 4.69) is 15.5 Å². The van der Waals surface area contributed by atoms with E-state index >= 15 is 0 Å². The summed E-state index contributed by atoms with van der Waals surface area (Å²) in [7, 11) is 1.60. The molecular weight excluding hydrogens is 252 g/mol. The van der Waals surface area contributed by atoms with Crippen molar-refractivity contribution in [2.24, 2.45) is 0 Å². The molecule has 2 rings (SSSR count). The number of rotatable bonds is 6. The van der Waals surface area contributed by atoms with Crippen molar-refractivity contribution in [3.63, 3.8) is 0 Å². The minimum atomic E-state index is -0.344. The predicted octanol–water partition coefficient (Wildman–Crippen LogP) is 1.14. The highest BCUT2D eigenvalue weighted by atomic mass is 32.1. The molecule has 1 aliphatic carbocycles. The zero-order valence-corrected chi connectivity index (χ0v) is 11.4. The van der Waals surface area contributed by atoms with E-state index in [1.165, 1.54) is 0 Å². The first-order chi connectivity index (χ1) is 8.65. The maximum absolute atomic E-state index is 12.0. The standard InChI is InChI=1S/C11H18N4O2S/c1-7(10(16)12-5-6-17-2)15-9(8-3-4-8)13-14-11(15)18/h7-8H,3-6H2,1-2H3,(H,12,16)(H,14,18). The fraction of sp³-hybridized carbons (Fsp3) is 0.727. The van der Waals surface area contributed by atoms with Crippen molar-refractivity contribution in [3.8, 4) is 0 Å². The molecule has 0 aliphatic heterocycles. The molecule has 1 aliphatic rings. The van der Waals surface area contributed by atoms with E-state index in [0.29, 0.717) is 23.8 Å². The van der Waals surface area contributed by atoms with Crippen molar-refractivity contribution in [3.05, 3.63) is 10.6 Å². The van der Waals surface area contributed by atoms with Gasteiger partial charge in [-0.3, -0.25) is 14.5 Å². The second kappa shape index (κ2) is 5.62. The second-order valence-electron chi connectivity index (χ2n) is 4.49. The summed E-state index contributed by atoms with van der Waals surface area (Å²) >= 11 is 5.19. The number of ether oxygens (including phenoxy) is 1. The van der Waals surface area contributed by atoms with Crippen molar-refractivity contribution in [1.29, 1.82) is 0 Å². The summed E-state index contributed by atoms with van der Waals surface area (Å²) < 4.78 is 7.22. The largest absolute Gasteiger partial charge is 0.383 e. The number of methoxy groups -OCH3 is 1. The fourth-order valence-electron chi connectivity index (χ4n) is 1.86. The fourth-order valence-corrected chi connectivity index (χ4v) is 2.16. The molecule has 1 heterocycles. The lowest BCUT2D eigenvalue weighted by atomic mass is 10.3. The molecule has 1 amide bonds. The summed E-state index contributed by atoms with van der Waals surface area (Å²) in [5, 5.41) is 9.80. The van der Waals surface area contributed by atoms with Crippen molar-refractivity contribution in [1.82, 2.24) is 20.1 Å². The molecule has 18 heavy (non-hydrogen) atoms. The molecule has 1 aromatic heterocycles. The summed E-state index contributed by atoms with van der Waals surface area (Å²) in [5.41, 5.74) is 0. The zero-order chi connectivity index (χ0) is 13.1. The van der Waals surface area contributed by atoms with Crippen LogP contribution in [0.1, 0.15) is 37.5 Å². The number of nitrogens with one attached hydrogen (secondary N) is 2. The SMILES string of the molecule is COCCNC(=O)C(C)n1c(C2CC2)n[nH]c1=S. The van der Waals surface area contributed by atoms with Gasteiger partial charge in [0.2, 0.25) is 5.91 Å². The van der Waals surface area contributed by atoms with Gasteiger partial charge in [-0.05, 0) is 32.0 Å². The number of H-pyrrole nitrogens is 1. The molecule has 6 nitrogen and oxygen atoms in total. The Bertz CT molecular complexity index is 478. The quantitative estimate of drug-likeness (QED) is 0.600. The molecule has 0 aromatic carbocycles. The van der Waals surface area contributed by atoms with Gasteiger partial charge in [-0.25, -0.2) is 0 Å². The first kappa shape index (κ1) is 13.2. The highest BCUT2D eigenvalue weighted by Crippen LogP contribution is 2.39. The van der Waals surface area contributed by atoms with E-state index in [-0.39, 0.29) is 11.9 Å². The van der Waals surface area contributed by atoms with Crippen LogP contribution in [-0.2, 0) is 9.53 Å². The summed E-state index contributed by atoms with van der Waals surface area (Å²) in [6, 6.07) is -0.344. The Labute approximate surface area is 111 Å². The molecule has 0 spiro atoms. The topological polar surface area (TPSA) is 71.9 Å². The molecule has 0 radical (unpaired) electrons. The summed E-state index contributed by atoms with van der Waals surface area (Å²) in [5.74, 6) is 1.29. The van der Waals surface area contributed by atoms with Crippen molar-refractivity contribution >= 4 is 18.1 Å². The van der Waals surface area contributed by atoms with Crippen LogP contribution in [0, 0.1) is 4.77 Å². The van der Waals surface area contributed by atoms with Crippen LogP contribution in [-0.4, -0.2) is 40.9 Å². The molecule has 1 saturated carbocycles. The number of amides is 1. The number of hydrogen-bond acceptors (Lipinski definition) is 4. The van der Waals surface area contributed by atoms with Gasteiger partial charge in [0.1, 0.15) is 11.9 Å². The van der Waals surface area contributed by atoms with E-state index in [1.807, 2.05) is 11.5 Å². The number of carbonyl (C=O) groups is 1. The van der Waals surface area contributed by atoms with Crippen molar-refractivity contribution < 1.29 is 9.53 Å². The van der Waals surface area contributed by atoms with Gasteiger partial charge in [0.25, 0.3) is 0 Å². The van der Waals surface area contributed by atoms with E-state index in [4.69, 9.17) is 17.0 Å². The summed E-state index contributed by atoms with van der Waals surface area (Å²) in [6.45, 7) is 2.84. The first-order valence-corrected chi connectivity index (χ1v) is 6.49. The number of carbonyl (C=O) groups excluding carboxylic acids is 1. The van der Waals surface area contributed by atoms with Gasteiger partial charge in [0.05, 0.1) is 6.61 Å². The van der Waals surface area contributed by atoms with E-state index in [0.717, 1.165) is 18.7 Å². The smallest absolute Gasteiger partial charge is 0.243 e. The highest BCUT2D eigenvalue weighted by molar-refractivity contribution is 7.71. The Morgan fingerprint density at radius 3 is 3.06 bits per heavy atom. The molecule has 1 atom stereocenters. The van der Waals surface area contributed by atoms with Gasteiger partial charge in [-0.1, -0.05) is 0 Å².